The Bertz CT molecular complexity index is 865. The van der Waals surface area contributed by atoms with Gasteiger partial charge in [0.15, 0.2) is 0 Å². The van der Waals surface area contributed by atoms with Crippen LogP contribution in [-0.4, -0.2) is 32.7 Å². The van der Waals surface area contributed by atoms with E-state index in [1.54, 1.807) is 48.7 Å². The fourth-order valence-corrected chi connectivity index (χ4v) is 2.39. The number of halogens is 1. The third-order valence-electron chi connectivity index (χ3n) is 4.00. The van der Waals surface area contributed by atoms with E-state index < -0.39 is 0 Å². The van der Waals surface area contributed by atoms with Crippen LogP contribution in [0.1, 0.15) is 18.5 Å². The standard InChI is InChI=1S/C18H18FN5O/c1-13(14-6-5-9-20-10-14)23(2)18(25)22-15-11-21-24(12-15)17-8-4-3-7-16(17)19/h3-13H,1-2H3,(H,22,25). The van der Waals surface area contributed by atoms with Crippen LogP contribution >= 0.6 is 0 Å². The van der Waals surface area contributed by atoms with Gasteiger partial charge in [-0.25, -0.2) is 13.9 Å². The molecule has 0 aliphatic rings. The lowest BCUT2D eigenvalue weighted by Crippen LogP contribution is -2.33. The summed E-state index contributed by atoms with van der Waals surface area (Å²) in [7, 11) is 1.70. The first kappa shape index (κ1) is 16.6. The third kappa shape index (κ3) is 3.65. The molecule has 0 spiro atoms. The molecule has 0 aliphatic heterocycles. The quantitative estimate of drug-likeness (QED) is 0.789. The molecule has 0 radical (unpaired) electrons. The molecule has 1 N–H and O–H groups in total. The Morgan fingerprint density at radius 1 is 1.24 bits per heavy atom. The fraction of sp³-hybridized carbons (Fsp3) is 0.167. The molecule has 128 valence electrons. The summed E-state index contributed by atoms with van der Waals surface area (Å²) in [5.74, 6) is -0.384. The number of benzene rings is 1. The van der Waals surface area contributed by atoms with Gasteiger partial charge in [0.05, 0.1) is 24.1 Å². The van der Waals surface area contributed by atoms with Crippen LogP contribution < -0.4 is 5.32 Å². The molecule has 7 heteroatoms. The molecule has 3 rings (SSSR count). The molecule has 0 fully saturated rings. The Morgan fingerprint density at radius 3 is 2.76 bits per heavy atom. The van der Waals surface area contributed by atoms with Gasteiger partial charge in [0.1, 0.15) is 11.5 Å². The van der Waals surface area contributed by atoms with E-state index in [4.69, 9.17) is 0 Å². The summed E-state index contributed by atoms with van der Waals surface area (Å²) in [5.41, 5.74) is 1.74. The number of carbonyl (C=O) groups is 1. The van der Waals surface area contributed by atoms with Crippen LogP contribution in [-0.2, 0) is 0 Å². The van der Waals surface area contributed by atoms with Crippen LogP contribution in [0.15, 0.2) is 61.2 Å². The maximum absolute atomic E-state index is 13.8. The van der Waals surface area contributed by atoms with Gasteiger partial charge in [-0.3, -0.25) is 4.98 Å². The molecular weight excluding hydrogens is 321 g/mol. The summed E-state index contributed by atoms with van der Waals surface area (Å²) >= 11 is 0. The minimum atomic E-state index is -0.384. The SMILES string of the molecule is CC(c1cccnc1)N(C)C(=O)Nc1cnn(-c2ccccc2F)c1. The first-order valence-corrected chi connectivity index (χ1v) is 7.79. The van der Waals surface area contributed by atoms with Gasteiger partial charge in [0.2, 0.25) is 0 Å². The minimum absolute atomic E-state index is 0.143. The van der Waals surface area contributed by atoms with Crippen molar-refractivity contribution in [2.24, 2.45) is 0 Å². The normalized spacial score (nSPS) is 11.8. The fourth-order valence-electron chi connectivity index (χ4n) is 2.39. The van der Waals surface area contributed by atoms with Gasteiger partial charge < -0.3 is 10.2 Å². The van der Waals surface area contributed by atoms with Crippen LogP contribution in [0, 0.1) is 5.82 Å². The Morgan fingerprint density at radius 2 is 2.04 bits per heavy atom. The van der Waals surface area contributed by atoms with Gasteiger partial charge in [-0.05, 0) is 30.7 Å². The number of rotatable bonds is 4. The van der Waals surface area contributed by atoms with Crippen molar-refractivity contribution < 1.29 is 9.18 Å². The number of hydrogen-bond acceptors (Lipinski definition) is 3. The number of pyridine rings is 1. The molecule has 2 heterocycles. The largest absolute Gasteiger partial charge is 0.322 e. The van der Waals surface area contributed by atoms with Crippen LogP contribution in [0.25, 0.3) is 5.69 Å². The number of para-hydroxylation sites is 1. The van der Waals surface area contributed by atoms with E-state index in [1.165, 1.54) is 16.9 Å². The molecule has 3 aromatic rings. The zero-order valence-electron chi connectivity index (χ0n) is 13.9. The first-order chi connectivity index (χ1) is 12.1. The summed E-state index contributed by atoms with van der Waals surface area (Å²) in [6.45, 7) is 1.92. The summed E-state index contributed by atoms with van der Waals surface area (Å²) < 4.78 is 15.2. The number of amides is 2. The van der Waals surface area contributed by atoms with Gasteiger partial charge >= 0.3 is 6.03 Å². The molecule has 2 amide bonds. The molecule has 0 saturated carbocycles. The zero-order valence-corrected chi connectivity index (χ0v) is 13.9. The van der Waals surface area contributed by atoms with Crippen LogP contribution in [0.4, 0.5) is 14.9 Å². The number of nitrogens with zero attached hydrogens (tertiary/aromatic N) is 4. The van der Waals surface area contributed by atoms with E-state index in [0.717, 1.165) is 5.56 Å². The number of nitrogens with one attached hydrogen (secondary N) is 1. The van der Waals surface area contributed by atoms with Gasteiger partial charge in [-0.2, -0.15) is 5.10 Å². The van der Waals surface area contributed by atoms with Crippen molar-refractivity contribution in [3.8, 4) is 5.69 Å². The summed E-state index contributed by atoms with van der Waals surface area (Å²) in [5, 5.41) is 6.86. The third-order valence-corrected chi connectivity index (χ3v) is 4.00. The van der Waals surface area contributed by atoms with E-state index in [9.17, 15) is 9.18 Å². The van der Waals surface area contributed by atoms with Crippen molar-refractivity contribution >= 4 is 11.7 Å². The number of urea groups is 1. The lowest BCUT2D eigenvalue weighted by molar-refractivity contribution is 0.208. The molecule has 25 heavy (non-hydrogen) atoms. The lowest BCUT2D eigenvalue weighted by Gasteiger charge is -2.25. The maximum Gasteiger partial charge on any atom is 0.322 e. The van der Waals surface area contributed by atoms with Crippen molar-refractivity contribution in [3.63, 3.8) is 0 Å². The smallest absolute Gasteiger partial charge is 0.321 e. The van der Waals surface area contributed by atoms with Crippen molar-refractivity contribution in [3.05, 3.63) is 72.6 Å². The second-order valence-corrected chi connectivity index (χ2v) is 5.63. The topological polar surface area (TPSA) is 63.1 Å². The van der Waals surface area contributed by atoms with Gasteiger partial charge in [-0.1, -0.05) is 18.2 Å². The molecule has 6 nitrogen and oxygen atoms in total. The Labute approximate surface area is 144 Å². The van der Waals surface area contributed by atoms with E-state index in [2.05, 4.69) is 15.4 Å². The zero-order chi connectivity index (χ0) is 17.8. The molecule has 1 aromatic carbocycles. The highest BCUT2D eigenvalue weighted by atomic mass is 19.1. The highest BCUT2D eigenvalue weighted by molar-refractivity contribution is 5.89. The van der Waals surface area contributed by atoms with Crippen molar-refractivity contribution in [1.29, 1.82) is 0 Å². The average Bonchev–Trinajstić information content (AvgIpc) is 3.09. The minimum Gasteiger partial charge on any atom is -0.321 e. The molecule has 1 unspecified atom stereocenters. The Balaban J connectivity index is 1.70. The predicted octanol–water partition coefficient (Wildman–Crippen LogP) is 3.63. The second kappa shape index (κ2) is 7.12. The lowest BCUT2D eigenvalue weighted by atomic mass is 10.1. The molecule has 0 bridgehead atoms. The van der Waals surface area contributed by atoms with Crippen LogP contribution in [0.3, 0.4) is 0 Å². The number of aromatic nitrogens is 3. The van der Waals surface area contributed by atoms with E-state index in [1.807, 2.05) is 19.1 Å². The van der Waals surface area contributed by atoms with Crippen molar-refractivity contribution in [2.75, 3.05) is 12.4 Å². The molecule has 0 aliphatic carbocycles. The van der Waals surface area contributed by atoms with Crippen LogP contribution in [0.2, 0.25) is 0 Å². The van der Waals surface area contributed by atoms with Gasteiger partial charge in [0.25, 0.3) is 0 Å². The summed E-state index contributed by atoms with van der Waals surface area (Å²) in [6.07, 6.45) is 6.46. The summed E-state index contributed by atoms with van der Waals surface area (Å²) in [4.78, 5) is 18.1. The Hall–Kier alpha value is -3.22. The highest BCUT2D eigenvalue weighted by Gasteiger charge is 2.18. The Kier molecular flexibility index (Phi) is 4.74. The van der Waals surface area contributed by atoms with E-state index in [-0.39, 0.29) is 17.9 Å². The van der Waals surface area contributed by atoms with Gasteiger partial charge in [-0.15, -0.1) is 0 Å². The highest BCUT2D eigenvalue weighted by Crippen LogP contribution is 2.19. The molecular formula is C18H18FN5O. The van der Waals surface area contributed by atoms with Gasteiger partial charge in [0, 0.05) is 19.4 Å². The average molecular weight is 339 g/mol. The maximum atomic E-state index is 13.8. The number of carbonyl (C=O) groups excluding carboxylic acids is 1. The molecule has 0 saturated heterocycles. The van der Waals surface area contributed by atoms with Crippen molar-refractivity contribution in [1.82, 2.24) is 19.7 Å². The molecule has 1 atom stereocenters. The number of anilines is 1. The van der Waals surface area contributed by atoms with Crippen molar-refractivity contribution in [2.45, 2.75) is 13.0 Å². The van der Waals surface area contributed by atoms with E-state index in [0.29, 0.717) is 11.4 Å². The van der Waals surface area contributed by atoms with E-state index >= 15 is 0 Å². The predicted molar refractivity (Wildman–Crippen MR) is 93.0 cm³/mol. The molecule has 2 aromatic heterocycles. The number of hydrogen-bond donors (Lipinski definition) is 1. The monoisotopic (exact) mass is 339 g/mol. The second-order valence-electron chi connectivity index (χ2n) is 5.63. The summed E-state index contributed by atoms with van der Waals surface area (Å²) in [6, 6.07) is 9.62. The first-order valence-electron chi connectivity index (χ1n) is 7.79. The van der Waals surface area contributed by atoms with Crippen LogP contribution in [0.5, 0.6) is 0 Å².